The molecule has 3 rings (SSSR count). The Morgan fingerprint density at radius 3 is 2.68 bits per heavy atom. The first-order valence-electron chi connectivity index (χ1n) is 7.37. The van der Waals surface area contributed by atoms with E-state index in [1.54, 1.807) is 4.90 Å². The normalized spacial score (nSPS) is 23.6. The van der Waals surface area contributed by atoms with Crippen molar-refractivity contribution in [1.29, 1.82) is 0 Å². The molecule has 2 heterocycles. The third-order valence-corrected chi connectivity index (χ3v) is 4.84. The number of aromatic nitrogens is 1. The molecule has 1 atom stereocenters. The summed E-state index contributed by atoms with van der Waals surface area (Å²) in [5.41, 5.74) is 5.33. The molecule has 120 valence electrons. The Balaban J connectivity index is 1.68. The molecule has 0 radical (unpaired) electrons. The minimum Gasteiger partial charge on any atom is -0.340 e. The van der Waals surface area contributed by atoms with Gasteiger partial charge >= 0.3 is 6.18 Å². The molecule has 0 bridgehead atoms. The van der Waals surface area contributed by atoms with Gasteiger partial charge in [-0.15, -0.1) is 0 Å². The molecule has 1 aromatic heterocycles. The number of hydrogen-bond donors (Lipinski definition) is 1. The van der Waals surface area contributed by atoms with Crippen LogP contribution in [-0.4, -0.2) is 34.9 Å². The zero-order chi connectivity index (χ0) is 16.0. The smallest absolute Gasteiger partial charge is 0.340 e. The first-order chi connectivity index (χ1) is 10.3. The van der Waals surface area contributed by atoms with E-state index in [-0.39, 0.29) is 29.5 Å². The quantitative estimate of drug-likeness (QED) is 0.908. The second kappa shape index (κ2) is 5.22. The van der Waals surface area contributed by atoms with E-state index in [1.807, 2.05) is 0 Å². The lowest BCUT2D eigenvalue weighted by molar-refractivity contribution is -0.141. The lowest BCUT2D eigenvalue weighted by Crippen LogP contribution is -2.45. The van der Waals surface area contributed by atoms with Crippen LogP contribution in [-0.2, 0) is 17.4 Å². The average Bonchev–Trinajstić information content (AvgIpc) is 2.76. The Morgan fingerprint density at radius 2 is 2.14 bits per heavy atom. The highest BCUT2D eigenvalue weighted by atomic mass is 19.4. The molecule has 2 N–H and O–H groups in total. The van der Waals surface area contributed by atoms with Crippen molar-refractivity contribution in [3.63, 3.8) is 0 Å². The number of carbonyl (C=O) groups is 1. The van der Waals surface area contributed by atoms with Crippen LogP contribution >= 0.6 is 0 Å². The van der Waals surface area contributed by atoms with Gasteiger partial charge in [-0.3, -0.25) is 4.79 Å². The van der Waals surface area contributed by atoms with E-state index in [0.717, 1.165) is 25.3 Å². The van der Waals surface area contributed by atoms with Gasteiger partial charge in [0.1, 0.15) is 5.69 Å². The minimum absolute atomic E-state index is 0.0281. The fraction of sp³-hybridized carbons (Fsp3) is 0.600. The van der Waals surface area contributed by atoms with Gasteiger partial charge in [-0.05, 0) is 25.0 Å². The summed E-state index contributed by atoms with van der Waals surface area (Å²) in [5.74, 6) is -0.203. The third-order valence-electron chi connectivity index (χ3n) is 4.84. The van der Waals surface area contributed by atoms with Gasteiger partial charge in [-0.25, -0.2) is 4.98 Å². The Labute approximate surface area is 126 Å². The van der Waals surface area contributed by atoms with E-state index in [0.29, 0.717) is 13.1 Å². The van der Waals surface area contributed by atoms with E-state index in [4.69, 9.17) is 5.73 Å². The van der Waals surface area contributed by atoms with Crippen LogP contribution in [0, 0.1) is 5.41 Å². The zero-order valence-electron chi connectivity index (χ0n) is 12.1. The number of alkyl halides is 3. The number of hydrogen-bond acceptors (Lipinski definition) is 3. The predicted molar refractivity (Wildman–Crippen MR) is 73.8 cm³/mol. The molecule has 1 unspecified atom stereocenters. The summed E-state index contributed by atoms with van der Waals surface area (Å²) in [6.07, 6.45) is -1.43. The second-order valence-electron chi connectivity index (χ2n) is 6.29. The predicted octanol–water partition coefficient (Wildman–Crippen LogP) is 1.98. The lowest BCUT2D eigenvalue weighted by atomic mass is 9.66. The maximum atomic E-state index is 12.6. The summed E-state index contributed by atoms with van der Waals surface area (Å²) >= 11 is 0. The van der Waals surface area contributed by atoms with Gasteiger partial charge in [0.25, 0.3) is 0 Å². The maximum Gasteiger partial charge on any atom is 0.433 e. The monoisotopic (exact) mass is 313 g/mol. The Kier molecular flexibility index (Phi) is 3.63. The lowest BCUT2D eigenvalue weighted by Gasteiger charge is -2.41. The van der Waals surface area contributed by atoms with E-state index < -0.39 is 11.9 Å². The Morgan fingerprint density at radius 1 is 1.41 bits per heavy atom. The van der Waals surface area contributed by atoms with E-state index in [9.17, 15) is 18.0 Å². The summed E-state index contributed by atoms with van der Waals surface area (Å²) in [4.78, 5) is 17.5. The van der Waals surface area contributed by atoms with E-state index >= 15 is 0 Å². The van der Waals surface area contributed by atoms with Crippen molar-refractivity contribution in [2.24, 2.45) is 11.1 Å². The number of halogens is 3. The fourth-order valence-corrected chi connectivity index (χ4v) is 3.35. The van der Waals surface area contributed by atoms with E-state index in [2.05, 4.69) is 4.98 Å². The van der Waals surface area contributed by atoms with Gasteiger partial charge in [0, 0.05) is 24.5 Å². The first kappa shape index (κ1) is 15.3. The molecule has 1 amide bonds. The second-order valence-corrected chi connectivity index (χ2v) is 6.29. The van der Waals surface area contributed by atoms with Gasteiger partial charge in [0.2, 0.25) is 5.91 Å². The molecule has 1 saturated heterocycles. The van der Waals surface area contributed by atoms with Crippen LogP contribution in [0.5, 0.6) is 0 Å². The van der Waals surface area contributed by atoms with Crippen molar-refractivity contribution in [3.05, 3.63) is 29.6 Å². The summed E-state index contributed by atoms with van der Waals surface area (Å²) in [5, 5.41) is 0. The Bertz CT molecular complexity index is 584. The molecular formula is C15H18F3N3O. The summed E-state index contributed by atoms with van der Waals surface area (Å²) in [6, 6.07) is 3.60. The van der Waals surface area contributed by atoms with Crippen molar-refractivity contribution in [2.45, 2.75) is 37.9 Å². The average molecular weight is 313 g/mol. The van der Waals surface area contributed by atoms with Crippen LogP contribution in [0.2, 0.25) is 0 Å². The molecule has 1 saturated carbocycles. The molecular weight excluding hydrogens is 295 g/mol. The van der Waals surface area contributed by atoms with Crippen molar-refractivity contribution in [1.82, 2.24) is 9.88 Å². The van der Waals surface area contributed by atoms with Crippen LogP contribution in [0.25, 0.3) is 0 Å². The minimum atomic E-state index is -4.49. The number of carbonyl (C=O) groups excluding carboxylic acids is 1. The van der Waals surface area contributed by atoms with Gasteiger partial charge in [-0.2, -0.15) is 13.2 Å². The van der Waals surface area contributed by atoms with Crippen LogP contribution in [0.1, 0.15) is 30.7 Å². The van der Waals surface area contributed by atoms with Crippen LogP contribution in [0.3, 0.4) is 0 Å². The molecule has 1 aliphatic carbocycles. The highest BCUT2D eigenvalue weighted by molar-refractivity contribution is 5.79. The molecule has 2 fully saturated rings. The van der Waals surface area contributed by atoms with Crippen LogP contribution in [0.15, 0.2) is 18.2 Å². The molecule has 4 nitrogen and oxygen atoms in total. The molecule has 1 aromatic rings. The van der Waals surface area contributed by atoms with Crippen LogP contribution in [0.4, 0.5) is 13.2 Å². The highest BCUT2D eigenvalue weighted by Gasteiger charge is 2.49. The maximum absolute atomic E-state index is 12.6. The van der Waals surface area contributed by atoms with Gasteiger partial charge in [-0.1, -0.05) is 12.5 Å². The fourth-order valence-electron chi connectivity index (χ4n) is 3.35. The van der Waals surface area contributed by atoms with Gasteiger partial charge in [0.15, 0.2) is 0 Å². The molecule has 0 aromatic carbocycles. The molecule has 1 spiro atoms. The van der Waals surface area contributed by atoms with Crippen molar-refractivity contribution >= 4 is 5.91 Å². The van der Waals surface area contributed by atoms with Crippen molar-refractivity contribution in [3.8, 4) is 0 Å². The first-order valence-corrected chi connectivity index (χ1v) is 7.37. The topological polar surface area (TPSA) is 59.2 Å². The number of likely N-dealkylation sites (tertiary alicyclic amines) is 1. The summed E-state index contributed by atoms with van der Waals surface area (Å²) in [7, 11) is 0. The van der Waals surface area contributed by atoms with Crippen molar-refractivity contribution < 1.29 is 18.0 Å². The number of nitrogens with two attached hydrogens (primary N) is 1. The standard InChI is InChI=1S/C15H18F3N3O/c16-15(17,18)12-4-1-3-10(20-12)7-13(22)21-8-11(19)14(9-21)5-2-6-14/h1,3-4,11H,2,5-9,19H2. The third kappa shape index (κ3) is 2.69. The molecule has 2 aliphatic rings. The number of amides is 1. The largest absolute Gasteiger partial charge is 0.433 e. The van der Waals surface area contributed by atoms with Gasteiger partial charge < -0.3 is 10.6 Å². The molecule has 1 aliphatic heterocycles. The molecule has 22 heavy (non-hydrogen) atoms. The van der Waals surface area contributed by atoms with Crippen molar-refractivity contribution in [2.75, 3.05) is 13.1 Å². The SMILES string of the molecule is NC1CN(C(=O)Cc2cccc(C(F)(F)F)n2)CC12CCC2. The highest BCUT2D eigenvalue weighted by Crippen LogP contribution is 2.47. The van der Waals surface area contributed by atoms with Crippen LogP contribution < -0.4 is 5.73 Å². The van der Waals surface area contributed by atoms with E-state index in [1.165, 1.54) is 12.1 Å². The Hall–Kier alpha value is -1.63. The summed E-state index contributed by atoms with van der Waals surface area (Å²) < 4.78 is 37.9. The number of rotatable bonds is 2. The number of nitrogens with zero attached hydrogens (tertiary/aromatic N) is 2. The summed E-state index contributed by atoms with van der Waals surface area (Å²) in [6.45, 7) is 1.10. The molecule has 7 heteroatoms. The zero-order valence-corrected chi connectivity index (χ0v) is 12.1. The van der Waals surface area contributed by atoms with Gasteiger partial charge in [0.05, 0.1) is 12.1 Å². The number of pyridine rings is 1.